The first-order valence-electron chi connectivity index (χ1n) is 36.3. The van der Waals surface area contributed by atoms with Crippen LogP contribution in [0.2, 0.25) is 0 Å². The van der Waals surface area contributed by atoms with Gasteiger partial charge in [-0.25, -0.2) is 0 Å². The van der Waals surface area contributed by atoms with Crippen LogP contribution in [0.15, 0.2) is 303 Å². The summed E-state index contributed by atoms with van der Waals surface area (Å²) in [5.41, 5.74) is 9.55. The molecule has 0 aliphatic carbocycles. The predicted octanol–water partition coefficient (Wildman–Crippen LogP) is 15.3. The average Bonchev–Trinajstić information content (AvgIpc) is 0.804. The Morgan fingerprint density at radius 2 is 0.371 bits per heavy atom. The van der Waals surface area contributed by atoms with E-state index in [1.165, 1.54) is 0 Å². The summed E-state index contributed by atoms with van der Waals surface area (Å²) < 4.78 is 114. The molecule has 0 unspecified atom stereocenters. The van der Waals surface area contributed by atoms with E-state index >= 15 is 0 Å². The third-order valence-electron chi connectivity index (χ3n) is 18.8. The molecule has 0 spiro atoms. The molecule has 3 aliphatic rings. The molecule has 105 heavy (non-hydrogen) atoms. The van der Waals surface area contributed by atoms with Crippen LogP contribution in [-0.2, 0) is 142 Å². The lowest BCUT2D eigenvalue weighted by Crippen LogP contribution is -2.65. The van der Waals surface area contributed by atoms with E-state index in [0.717, 1.165) is 55.6 Å². The van der Waals surface area contributed by atoms with Gasteiger partial charge in [-0.2, -0.15) is 0 Å². The molecule has 15 atom stereocenters. The van der Waals surface area contributed by atoms with Crippen molar-refractivity contribution in [3.05, 3.63) is 359 Å². The third-order valence-corrected chi connectivity index (χ3v) is 18.8. The SMILES string of the molecule is CO[C@H]1O[C@H](CO[C@H]2O[C@H](CO[C@@H]3O[C@H](COCc4ccccc4)[C@@H](OCc4ccccc4)[C@H](OCc4ccccc4)[C@H]3OCc3ccccc3)[C@@H](OCc3ccccc3)[C@H](OCc3ccccc3)[C@H]2OCc2ccccc2)[C@@H](OCc2ccccc2)[C@H](OCc2ccccc2)[C@H]1OCc1ccccc1. The summed E-state index contributed by atoms with van der Waals surface area (Å²) in [7, 11) is 1.61. The zero-order valence-corrected chi connectivity index (χ0v) is 59.3. The van der Waals surface area contributed by atoms with Gasteiger partial charge in [0.2, 0.25) is 0 Å². The van der Waals surface area contributed by atoms with Crippen LogP contribution in [0.1, 0.15) is 55.6 Å². The molecule has 0 amide bonds. The van der Waals surface area contributed by atoms with E-state index in [1.807, 2.05) is 303 Å². The highest BCUT2D eigenvalue weighted by molar-refractivity contribution is 5.22. The number of benzene rings is 10. The van der Waals surface area contributed by atoms with Crippen LogP contribution in [0.25, 0.3) is 0 Å². The normalized spacial score (nSPS) is 24.6. The second kappa shape index (κ2) is 40.3. The largest absolute Gasteiger partial charge is 0.374 e. The summed E-state index contributed by atoms with van der Waals surface area (Å²) in [6.45, 7) is 2.08. The predicted molar refractivity (Wildman–Crippen MR) is 396 cm³/mol. The van der Waals surface area contributed by atoms with Crippen molar-refractivity contribution in [1.82, 2.24) is 0 Å². The molecule has 10 aromatic rings. The van der Waals surface area contributed by atoms with Gasteiger partial charge in [-0.05, 0) is 55.6 Å². The number of ether oxygens (including phenoxy) is 16. The smallest absolute Gasteiger partial charge is 0.187 e. The number of hydrogen-bond donors (Lipinski definition) is 0. The number of hydrogen-bond acceptors (Lipinski definition) is 16. The molecule has 16 nitrogen and oxygen atoms in total. The Kier molecular flexibility index (Phi) is 28.7. The van der Waals surface area contributed by atoms with E-state index in [0.29, 0.717) is 6.61 Å². The standard InChI is InChI=1S/C89H94O16/c1-90-87-84(98-59-72-46-26-9-27-47-72)81(95-56-69-40-20-6-21-41-69)79(93-54-67-36-16-4-17-37-67)76(103-87)63-101-89-86(100-61-74-50-30-11-31-51-74)83(97-58-71-44-24-8-25-45-71)80(94-55-68-38-18-5-19-39-68)77(105-89)64-102-88-85(99-60-73-48-28-10-29-49-73)82(96-57-70-42-22-7-23-43-70)78(92-53-66-34-14-3-15-35-66)75(104-88)62-91-52-65-32-12-2-13-33-65/h2-51,75-89H,52-64H2,1H3/t75-,76-,77-,78-,79-,80-,81+,82+,83+,84-,85-,86-,87+,88-,89+/m1/s1. The van der Waals surface area contributed by atoms with Gasteiger partial charge in [-0.1, -0.05) is 303 Å². The summed E-state index contributed by atoms with van der Waals surface area (Å²) in [6.07, 6.45) is -13.3. The second-order valence-corrected chi connectivity index (χ2v) is 26.4. The lowest BCUT2D eigenvalue weighted by molar-refractivity contribution is -0.362. The van der Waals surface area contributed by atoms with E-state index < -0.39 is 92.1 Å². The van der Waals surface area contributed by atoms with Gasteiger partial charge in [0.25, 0.3) is 0 Å². The fourth-order valence-electron chi connectivity index (χ4n) is 13.3. The number of rotatable bonds is 38. The summed E-state index contributed by atoms with van der Waals surface area (Å²) in [5, 5.41) is 0. The Morgan fingerprint density at radius 1 is 0.190 bits per heavy atom. The highest BCUT2D eigenvalue weighted by Gasteiger charge is 2.54. The molecule has 3 aliphatic heterocycles. The zero-order chi connectivity index (χ0) is 71.3. The van der Waals surface area contributed by atoms with Crippen molar-refractivity contribution < 1.29 is 75.8 Å². The van der Waals surface area contributed by atoms with Crippen molar-refractivity contribution >= 4 is 0 Å². The number of methoxy groups -OCH3 is 1. The van der Waals surface area contributed by atoms with Crippen LogP contribution in [-0.4, -0.2) is 119 Å². The summed E-state index contributed by atoms with van der Waals surface area (Å²) in [5.74, 6) is 0. The lowest BCUT2D eigenvalue weighted by atomic mass is 9.96. The van der Waals surface area contributed by atoms with Gasteiger partial charge in [0.1, 0.15) is 73.2 Å². The maximum Gasteiger partial charge on any atom is 0.187 e. The van der Waals surface area contributed by atoms with Crippen LogP contribution in [0, 0.1) is 0 Å². The Bertz CT molecular complexity index is 3980. The van der Waals surface area contributed by atoms with E-state index in [4.69, 9.17) is 75.8 Å². The highest BCUT2D eigenvalue weighted by Crippen LogP contribution is 2.38. The van der Waals surface area contributed by atoms with E-state index in [9.17, 15) is 0 Å². The quantitative estimate of drug-likeness (QED) is 0.0361. The molecule has 0 radical (unpaired) electrons. The van der Waals surface area contributed by atoms with Crippen LogP contribution in [0.3, 0.4) is 0 Å². The van der Waals surface area contributed by atoms with E-state index in [-0.39, 0.29) is 79.3 Å². The van der Waals surface area contributed by atoms with Crippen LogP contribution in [0.5, 0.6) is 0 Å². The minimum Gasteiger partial charge on any atom is -0.374 e. The molecule has 3 saturated heterocycles. The van der Waals surface area contributed by atoms with Gasteiger partial charge in [-0.15, -0.1) is 0 Å². The van der Waals surface area contributed by atoms with Crippen molar-refractivity contribution in [3.8, 4) is 0 Å². The molecule has 10 aromatic carbocycles. The first-order chi connectivity index (χ1) is 52.0. The van der Waals surface area contributed by atoms with E-state index in [2.05, 4.69) is 0 Å². The minimum absolute atomic E-state index is 0.112. The second-order valence-electron chi connectivity index (χ2n) is 26.4. The molecule has 0 bridgehead atoms. The Hall–Kier alpha value is -8.44. The highest BCUT2D eigenvalue weighted by atomic mass is 16.8. The molecule has 0 saturated carbocycles. The fourth-order valence-corrected chi connectivity index (χ4v) is 13.3. The van der Waals surface area contributed by atoms with Crippen molar-refractivity contribution in [2.75, 3.05) is 26.9 Å². The van der Waals surface area contributed by atoms with Crippen molar-refractivity contribution in [2.24, 2.45) is 0 Å². The van der Waals surface area contributed by atoms with Crippen LogP contribution < -0.4 is 0 Å². The molecular weight excluding hydrogens is 1320 g/mol. The van der Waals surface area contributed by atoms with Crippen molar-refractivity contribution in [3.63, 3.8) is 0 Å². The van der Waals surface area contributed by atoms with Crippen molar-refractivity contribution in [2.45, 2.75) is 158 Å². The lowest BCUT2D eigenvalue weighted by Gasteiger charge is -2.49. The zero-order valence-electron chi connectivity index (χ0n) is 59.3. The van der Waals surface area contributed by atoms with E-state index in [1.54, 1.807) is 7.11 Å². The van der Waals surface area contributed by atoms with Gasteiger partial charge in [0.15, 0.2) is 18.9 Å². The molecule has 3 heterocycles. The topological polar surface area (TPSA) is 148 Å². The van der Waals surface area contributed by atoms with Gasteiger partial charge in [0.05, 0.1) is 85.9 Å². The maximum atomic E-state index is 7.52. The Morgan fingerprint density at radius 3 is 0.600 bits per heavy atom. The summed E-state index contributed by atoms with van der Waals surface area (Å²) in [4.78, 5) is 0. The van der Waals surface area contributed by atoms with Gasteiger partial charge in [-0.3, -0.25) is 0 Å². The first-order valence-corrected chi connectivity index (χ1v) is 36.3. The molecule has 3 fully saturated rings. The first kappa shape index (κ1) is 74.8. The molecule has 0 N–H and O–H groups in total. The molecule has 16 heteroatoms. The fraction of sp³-hybridized carbons (Fsp3) is 0.326. The van der Waals surface area contributed by atoms with Gasteiger partial charge < -0.3 is 75.8 Å². The molecular formula is C89H94O16. The Balaban J connectivity index is 0.877. The molecule has 546 valence electrons. The summed E-state index contributed by atoms with van der Waals surface area (Å²) >= 11 is 0. The van der Waals surface area contributed by atoms with Gasteiger partial charge >= 0.3 is 0 Å². The van der Waals surface area contributed by atoms with Crippen LogP contribution >= 0.6 is 0 Å². The summed E-state index contributed by atoms with van der Waals surface area (Å²) in [6, 6.07) is 100. The molecule has 0 aromatic heterocycles. The average molecular weight is 1420 g/mol. The van der Waals surface area contributed by atoms with Crippen LogP contribution in [0.4, 0.5) is 0 Å². The monoisotopic (exact) mass is 1420 g/mol. The van der Waals surface area contributed by atoms with Crippen molar-refractivity contribution in [1.29, 1.82) is 0 Å². The molecule has 13 rings (SSSR count). The third kappa shape index (κ3) is 22.1. The maximum absolute atomic E-state index is 7.52. The Labute approximate surface area is 616 Å². The van der Waals surface area contributed by atoms with Gasteiger partial charge in [0, 0.05) is 7.11 Å². The minimum atomic E-state index is -1.19.